The van der Waals surface area contributed by atoms with E-state index in [9.17, 15) is 4.79 Å². The van der Waals surface area contributed by atoms with Gasteiger partial charge >= 0.3 is 5.97 Å². The van der Waals surface area contributed by atoms with Gasteiger partial charge in [-0.15, -0.1) is 0 Å². The lowest BCUT2D eigenvalue weighted by molar-refractivity contribution is -0.134. The monoisotopic (exact) mass is 236 g/mol. The van der Waals surface area contributed by atoms with E-state index in [0.29, 0.717) is 0 Å². The van der Waals surface area contributed by atoms with Gasteiger partial charge in [-0.05, 0) is 29.9 Å². The van der Waals surface area contributed by atoms with Gasteiger partial charge in [0.15, 0.2) is 5.11 Å². The molecule has 0 atom stereocenters. The minimum atomic E-state index is -0.412. The van der Waals surface area contributed by atoms with Crippen LogP contribution in [0.4, 0.5) is 5.69 Å². The quantitative estimate of drug-likeness (QED) is 0.473. The van der Waals surface area contributed by atoms with Gasteiger partial charge in [-0.3, -0.25) is 0 Å². The van der Waals surface area contributed by atoms with Crippen LogP contribution in [0.25, 0.3) is 6.08 Å². The van der Waals surface area contributed by atoms with E-state index < -0.39 is 5.97 Å². The van der Waals surface area contributed by atoms with E-state index in [1.807, 2.05) is 24.3 Å². The van der Waals surface area contributed by atoms with E-state index in [-0.39, 0.29) is 5.11 Å². The van der Waals surface area contributed by atoms with Crippen molar-refractivity contribution < 1.29 is 9.53 Å². The zero-order chi connectivity index (χ0) is 12.0. The Morgan fingerprint density at radius 2 is 2.19 bits per heavy atom. The summed E-state index contributed by atoms with van der Waals surface area (Å²) >= 11 is 4.75. The second-order valence-corrected chi connectivity index (χ2v) is 3.37. The second-order valence-electron chi connectivity index (χ2n) is 2.93. The van der Waals surface area contributed by atoms with Crippen LogP contribution < -0.4 is 11.1 Å². The van der Waals surface area contributed by atoms with Crippen molar-refractivity contribution in [2.45, 2.75) is 0 Å². The number of esters is 1. The fourth-order valence-electron chi connectivity index (χ4n) is 1.11. The molecule has 0 heterocycles. The van der Waals surface area contributed by atoms with Crippen LogP contribution >= 0.6 is 12.2 Å². The highest BCUT2D eigenvalue weighted by Gasteiger charge is 1.99. The molecule has 0 aliphatic carbocycles. The molecule has 0 aliphatic rings. The highest BCUT2D eigenvalue weighted by molar-refractivity contribution is 7.80. The predicted molar refractivity (Wildman–Crippen MR) is 67.9 cm³/mol. The summed E-state index contributed by atoms with van der Waals surface area (Å²) in [6, 6.07) is 7.34. The van der Waals surface area contributed by atoms with Gasteiger partial charge in [-0.25, -0.2) is 4.79 Å². The maximum absolute atomic E-state index is 10.9. The van der Waals surface area contributed by atoms with Crippen molar-refractivity contribution in [2.24, 2.45) is 5.73 Å². The molecule has 84 valence electrons. The molecule has 1 rings (SSSR count). The lowest BCUT2D eigenvalue weighted by Gasteiger charge is -2.06. The molecule has 0 radical (unpaired) electrons. The van der Waals surface area contributed by atoms with Crippen LogP contribution in [0.3, 0.4) is 0 Å². The Balaban J connectivity index is 2.90. The number of nitrogens with two attached hydrogens (primary N) is 1. The fourth-order valence-corrected chi connectivity index (χ4v) is 1.22. The number of hydrogen-bond acceptors (Lipinski definition) is 3. The number of nitrogens with one attached hydrogen (secondary N) is 1. The third-order valence-corrected chi connectivity index (χ3v) is 1.92. The minimum absolute atomic E-state index is 0.180. The molecule has 0 saturated heterocycles. The Morgan fingerprint density at radius 3 is 2.81 bits per heavy atom. The number of anilines is 1. The highest BCUT2D eigenvalue weighted by atomic mass is 32.1. The van der Waals surface area contributed by atoms with Crippen molar-refractivity contribution in [3.8, 4) is 0 Å². The Morgan fingerprint density at radius 1 is 1.50 bits per heavy atom. The van der Waals surface area contributed by atoms with E-state index in [1.54, 1.807) is 6.08 Å². The molecule has 0 fully saturated rings. The van der Waals surface area contributed by atoms with Gasteiger partial charge in [0, 0.05) is 11.8 Å². The van der Waals surface area contributed by atoms with Crippen LogP contribution in [0, 0.1) is 0 Å². The maximum Gasteiger partial charge on any atom is 0.330 e. The molecule has 5 heteroatoms. The number of para-hydroxylation sites is 1. The number of rotatable bonds is 3. The highest BCUT2D eigenvalue weighted by Crippen LogP contribution is 2.16. The minimum Gasteiger partial charge on any atom is -0.466 e. The van der Waals surface area contributed by atoms with Gasteiger partial charge in [0.1, 0.15) is 0 Å². The zero-order valence-corrected chi connectivity index (χ0v) is 9.58. The van der Waals surface area contributed by atoms with Crippen molar-refractivity contribution >= 4 is 35.1 Å². The Kier molecular flexibility index (Phi) is 4.47. The molecule has 1 aromatic carbocycles. The number of carbonyl (C=O) groups excluding carboxylic acids is 1. The topological polar surface area (TPSA) is 64.3 Å². The van der Waals surface area contributed by atoms with Crippen molar-refractivity contribution in [3.63, 3.8) is 0 Å². The summed E-state index contributed by atoms with van der Waals surface area (Å²) in [7, 11) is 1.33. The van der Waals surface area contributed by atoms with E-state index in [4.69, 9.17) is 18.0 Å². The number of hydrogen-bond donors (Lipinski definition) is 2. The van der Waals surface area contributed by atoms with Crippen LogP contribution in [0.1, 0.15) is 5.56 Å². The summed E-state index contributed by atoms with van der Waals surface area (Å²) in [4.78, 5) is 10.9. The molecule has 0 bridgehead atoms. The maximum atomic E-state index is 10.9. The zero-order valence-electron chi connectivity index (χ0n) is 8.77. The first kappa shape index (κ1) is 12.2. The first-order chi connectivity index (χ1) is 7.63. The molecule has 0 amide bonds. The van der Waals surface area contributed by atoms with Crippen LogP contribution in [0.2, 0.25) is 0 Å². The summed E-state index contributed by atoms with van der Waals surface area (Å²) in [6.45, 7) is 0. The number of methoxy groups -OCH3 is 1. The summed E-state index contributed by atoms with van der Waals surface area (Å²) < 4.78 is 4.50. The summed E-state index contributed by atoms with van der Waals surface area (Å²) in [5.74, 6) is -0.412. The molecular formula is C11H12N2O2S. The van der Waals surface area contributed by atoms with Crippen molar-refractivity contribution in [1.82, 2.24) is 0 Å². The first-order valence-corrected chi connectivity index (χ1v) is 4.96. The van der Waals surface area contributed by atoms with E-state index >= 15 is 0 Å². The lowest BCUT2D eigenvalue weighted by atomic mass is 10.1. The summed E-state index contributed by atoms with van der Waals surface area (Å²) in [6.07, 6.45) is 2.96. The fraction of sp³-hybridized carbons (Fsp3) is 0.0909. The van der Waals surface area contributed by atoms with Gasteiger partial charge in [0.05, 0.1) is 7.11 Å². The summed E-state index contributed by atoms with van der Waals surface area (Å²) in [5, 5.41) is 3.00. The SMILES string of the molecule is COC(=O)C=Cc1ccccc1NC(N)=S. The van der Waals surface area contributed by atoms with Crippen LogP contribution in [-0.2, 0) is 9.53 Å². The average molecular weight is 236 g/mol. The molecule has 0 unspecified atom stereocenters. The standard InChI is InChI=1S/C11H12N2O2S/c1-15-10(14)7-6-8-4-2-3-5-9(8)13-11(12)16/h2-7H,1H3,(H3,12,13,16). The van der Waals surface area contributed by atoms with Gasteiger partial charge in [-0.1, -0.05) is 18.2 Å². The van der Waals surface area contributed by atoms with E-state index in [2.05, 4.69) is 10.1 Å². The number of thiocarbonyl (C=S) groups is 1. The third kappa shape index (κ3) is 3.70. The molecule has 4 nitrogen and oxygen atoms in total. The lowest BCUT2D eigenvalue weighted by Crippen LogP contribution is -2.19. The average Bonchev–Trinajstić information content (AvgIpc) is 2.26. The Bertz CT molecular complexity index is 430. The molecule has 0 aromatic heterocycles. The third-order valence-electron chi connectivity index (χ3n) is 1.82. The van der Waals surface area contributed by atoms with Crippen molar-refractivity contribution in [2.75, 3.05) is 12.4 Å². The number of benzene rings is 1. The molecule has 3 N–H and O–H groups in total. The van der Waals surface area contributed by atoms with Crippen molar-refractivity contribution in [1.29, 1.82) is 0 Å². The second kappa shape index (κ2) is 5.87. The van der Waals surface area contributed by atoms with E-state index in [0.717, 1.165) is 11.3 Å². The van der Waals surface area contributed by atoms with Gasteiger partial charge in [0.2, 0.25) is 0 Å². The largest absolute Gasteiger partial charge is 0.466 e. The van der Waals surface area contributed by atoms with Gasteiger partial charge in [-0.2, -0.15) is 0 Å². The molecule has 0 spiro atoms. The Labute approximate surface area is 99.1 Å². The summed E-state index contributed by atoms with van der Waals surface area (Å²) in [5.41, 5.74) is 6.93. The molecule has 16 heavy (non-hydrogen) atoms. The van der Waals surface area contributed by atoms with Gasteiger partial charge < -0.3 is 15.8 Å². The molecular weight excluding hydrogens is 224 g/mol. The molecule has 1 aromatic rings. The van der Waals surface area contributed by atoms with Crippen molar-refractivity contribution in [3.05, 3.63) is 35.9 Å². The number of carbonyl (C=O) groups is 1. The first-order valence-electron chi connectivity index (χ1n) is 4.55. The smallest absolute Gasteiger partial charge is 0.330 e. The normalized spacial score (nSPS) is 10.1. The van der Waals surface area contributed by atoms with Crippen LogP contribution in [0.5, 0.6) is 0 Å². The van der Waals surface area contributed by atoms with E-state index in [1.165, 1.54) is 13.2 Å². The molecule has 0 aliphatic heterocycles. The molecule has 0 saturated carbocycles. The van der Waals surface area contributed by atoms with Crippen LogP contribution in [-0.4, -0.2) is 18.2 Å². The number of ether oxygens (including phenoxy) is 1. The Hall–Kier alpha value is -1.88. The van der Waals surface area contributed by atoms with Crippen LogP contribution in [0.15, 0.2) is 30.3 Å². The predicted octanol–water partition coefficient (Wildman–Crippen LogP) is 1.53. The van der Waals surface area contributed by atoms with Gasteiger partial charge in [0.25, 0.3) is 0 Å².